The van der Waals surface area contributed by atoms with Gasteiger partial charge in [0.15, 0.2) is 11.5 Å². The third-order valence-corrected chi connectivity index (χ3v) is 2.38. The number of ether oxygens (including phenoxy) is 1. The minimum Gasteiger partial charge on any atom is -0.504 e. The molecule has 1 rings (SSSR count). The van der Waals surface area contributed by atoms with Crippen LogP contribution in [0.2, 0.25) is 0 Å². The van der Waals surface area contributed by atoms with Crippen molar-refractivity contribution >= 4 is 5.97 Å². The standard InChI is InChI=1S/C12H18N2O3/c1-8(15)17-12-5-4-9(7-11(12)16)10(14)3-2-6-13/h4-5,7,10,16H,2-3,6,13-14H2,1H3/t10-/m1/s1. The maximum absolute atomic E-state index is 10.8. The summed E-state index contributed by atoms with van der Waals surface area (Å²) in [7, 11) is 0. The first-order valence-electron chi connectivity index (χ1n) is 5.51. The fraction of sp³-hybridized carbons (Fsp3) is 0.417. The monoisotopic (exact) mass is 238 g/mol. The fourth-order valence-electron chi connectivity index (χ4n) is 1.51. The fourth-order valence-corrected chi connectivity index (χ4v) is 1.51. The van der Waals surface area contributed by atoms with Gasteiger partial charge in [0.05, 0.1) is 0 Å². The van der Waals surface area contributed by atoms with Crippen molar-refractivity contribution in [3.63, 3.8) is 0 Å². The number of rotatable bonds is 5. The molecule has 17 heavy (non-hydrogen) atoms. The molecule has 0 aromatic heterocycles. The lowest BCUT2D eigenvalue weighted by Gasteiger charge is -2.13. The molecule has 0 aliphatic rings. The first-order chi connectivity index (χ1) is 8.04. The van der Waals surface area contributed by atoms with Gasteiger partial charge in [-0.15, -0.1) is 0 Å². The molecule has 0 spiro atoms. The highest BCUT2D eigenvalue weighted by molar-refractivity contribution is 5.70. The molecule has 1 atom stereocenters. The van der Waals surface area contributed by atoms with E-state index in [1.54, 1.807) is 6.07 Å². The van der Waals surface area contributed by atoms with Crippen molar-refractivity contribution in [1.29, 1.82) is 0 Å². The molecule has 0 fully saturated rings. The third kappa shape index (κ3) is 4.05. The van der Waals surface area contributed by atoms with Crippen LogP contribution in [0.1, 0.15) is 31.4 Å². The van der Waals surface area contributed by atoms with E-state index in [0.717, 1.165) is 18.4 Å². The second-order valence-electron chi connectivity index (χ2n) is 3.86. The summed E-state index contributed by atoms with van der Waals surface area (Å²) in [5, 5.41) is 9.66. The van der Waals surface area contributed by atoms with Crippen LogP contribution in [-0.4, -0.2) is 17.6 Å². The molecule has 0 saturated heterocycles. The zero-order chi connectivity index (χ0) is 12.8. The minimum atomic E-state index is -0.472. The van der Waals surface area contributed by atoms with E-state index in [2.05, 4.69) is 0 Å². The lowest BCUT2D eigenvalue weighted by atomic mass is 10.0. The molecular formula is C12H18N2O3. The number of aromatic hydroxyl groups is 1. The summed E-state index contributed by atoms with van der Waals surface area (Å²) in [6, 6.07) is 4.61. The quantitative estimate of drug-likeness (QED) is 0.526. The highest BCUT2D eigenvalue weighted by Gasteiger charge is 2.10. The molecule has 0 radical (unpaired) electrons. The molecule has 1 aromatic rings. The number of hydrogen-bond acceptors (Lipinski definition) is 5. The van der Waals surface area contributed by atoms with E-state index in [4.69, 9.17) is 16.2 Å². The Morgan fingerprint density at radius 2 is 2.24 bits per heavy atom. The number of esters is 1. The van der Waals surface area contributed by atoms with Crippen LogP contribution in [0.3, 0.4) is 0 Å². The Balaban J connectivity index is 2.77. The Morgan fingerprint density at radius 3 is 2.76 bits per heavy atom. The van der Waals surface area contributed by atoms with Gasteiger partial charge in [0.25, 0.3) is 0 Å². The number of carbonyl (C=O) groups is 1. The average Bonchev–Trinajstić information content (AvgIpc) is 2.28. The Labute approximate surface area is 100 Å². The predicted octanol–water partition coefficient (Wildman–Crippen LogP) is 1.06. The van der Waals surface area contributed by atoms with Crippen LogP contribution in [0.25, 0.3) is 0 Å². The van der Waals surface area contributed by atoms with Gasteiger partial charge >= 0.3 is 5.97 Å². The first kappa shape index (κ1) is 13.5. The van der Waals surface area contributed by atoms with Crippen molar-refractivity contribution in [2.24, 2.45) is 11.5 Å². The summed E-state index contributed by atoms with van der Waals surface area (Å²) >= 11 is 0. The van der Waals surface area contributed by atoms with Crippen molar-refractivity contribution in [3.8, 4) is 11.5 Å². The Kier molecular flexibility index (Phi) is 4.93. The molecule has 5 heteroatoms. The molecule has 0 bridgehead atoms. The summed E-state index contributed by atoms with van der Waals surface area (Å²) in [6.07, 6.45) is 1.58. The van der Waals surface area contributed by atoms with Gasteiger partial charge in [-0.25, -0.2) is 0 Å². The number of hydrogen-bond donors (Lipinski definition) is 3. The van der Waals surface area contributed by atoms with Crippen molar-refractivity contribution in [2.75, 3.05) is 6.54 Å². The maximum atomic E-state index is 10.8. The van der Waals surface area contributed by atoms with E-state index in [-0.39, 0.29) is 17.5 Å². The van der Waals surface area contributed by atoms with Gasteiger partial charge in [0.2, 0.25) is 0 Å². The van der Waals surface area contributed by atoms with Crippen LogP contribution in [0.5, 0.6) is 11.5 Å². The lowest BCUT2D eigenvalue weighted by Crippen LogP contribution is -2.12. The van der Waals surface area contributed by atoms with E-state index in [0.29, 0.717) is 6.54 Å². The van der Waals surface area contributed by atoms with Gasteiger partial charge < -0.3 is 21.3 Å². The molecule has 0 aliphatic heterocycles. The second-order valence-corrected chi connectivity index (χ2v) is 3.86. The summed E-state index contributed by atoms with van der Waals surface area (Å²) in [4.78, 5) is 10.8. The van der Waals surface area contributed by atoms with E-state index < -0.39 is 5.97 Å². The van der Waals surface area contributed by atoms with Crippen molar-refractivity contribution in [1.82, 2.24) is 0 Å². The van der Waals surface area contributed by atoms with E-state index in [9.17, 15) is 9.90 Å². The van der Waals surface area contributed by atoms with Gasteiger partial charge in [0, 0.05) is 13.0 Å². The first-order valence-corrected chi connectivity index (χ1v) is 5.51. The van der Waals surface area contributed by atoms with Gasteiger partial charge in [-0.2, -0.15) is 0 Å². The molecule has 0 aliphatic carbocycles. The SMILES string of the molecule is CC(=O)Oc1ccc([C@H](N)CCCN)cc1O. The normalized spacial score (nSPS) is 12.2. The molecule has 94 valence electrons. The number of phenols is 1. The molecule has 0 heterocycles. The largest absolute Gasteiger partial charge is 0.504 e. The van der Waals surface area contributed by atoms with Crippen molar-refractivity contribution in [3.05, 3.63) is 23.8 Å². The molecule has 1 aromatic carbocycles. The van der Waals surface area contributed by atoms with Crippen LogP contribution in [0, 0.1) is 0 Å². The maximum Gasteiger partial charge on any atom is 0.308 e. The predicted molar refractivity (Wildman–Crippen MR) is 64.6 cm³/mol. The third-order valence-electron chi connectivity index (χ3n) is 2.38. The number of phenolic OH excluding ortho intramolecular Hbond substituents is 1. The Hall–Kier alpha value is -1.59. The van der Waals surface area contributed by atoms with Gasteiger partial charge in [-0.05, 0) is 37.1 Å². The van der Waals surface area contributed by atoms with Crippen molar-refractivity contribution in [2.45, 2.75) is 25.8 Å². The zero-order valence-electron chi connectivity index (χ0n) is 9.85. The van der Waals surface area contributed by atoms with Gasteiger partial charge in [0.1, 0.15) is 0 Å². The number of carbonyl (C=O) groups excluding carboxylic acids is 1. The van der Waals surface area contributed by atoms with E-state index >= 15 is 0 Å². The minimum absolute atomic E-state index is 0.0825. The summed E-state index contributed by atoms with van der Waals surface area (Å²) in [6.45, 7) is 1.87. The lowest BCUT2D eigenvalue weighted by molar-refractivity contribution is -0.132. The molecule has 5 nitrogen and oxygen atoms in total. The average molecular weight is 238 g/mol. The summed E-state index contributed by atoms with van der Waals surface area (Å²) in [5.41, 5.74) is 12.1. The smallest absolute Gasteiger partial charge is 0.308 e. The molecule has 0 unspecified atom stereocenters. The van der Waals surface area contributed by atoms with Crippen molar-refractivity contribution < 1.29 is 14.6 Å². The van der Waals surface area contributed by atoms with Gasteiger partial charge in [-0.1, -0.05) is 6.07 Å². The topological polar surface area (TPSA) is 98.6 Å². The van der Waals surface area contributed by atoms with Crippen LogP contribution in [-0.2, 0) is 4.79 Å². The highest BCUT2D eigenvalue weighted by atomic mass is 16.5. The molecule has 5 N–H and O–H groups in total. The summed E-state index contributed by atoms with van der Waals surface area (Å²) in [5.74, 6) is -0.409. The van der Waals surface area contributed by atoms with Crippen LogP contribution >= 0.6 is 0 Å². The van der Waals surface area contributed by atoms with Gasteiger partial charge in [-0.3, -0.25) is 4.79 Å². The van der Waals surface area contributed by atoms with Crippen LogP contribution in [0.15, 0.2) is 18.2 Å². The Morgan fingerprint density at radius 1 is 1.53 bits per heavy atom. The van der Waals surface area contributed by atoms with Crippen LogP contribution < -0.4 is 16.2 Å². The molecular weight excluding hydrogens is 220 g/mol. The Bertz CT molecular complexity index is 393. The number of nitrogens with two attached hydrogens (primary N) is 2. The van der Waals surface area contributed by atoms with E-state index in [1.807, 2.05) is 0 Å². The highest BCUT2D eigenvalue weighted by Crippen LogP contribution is 2.29. The molecule has 0 saturated carbocycles. The zero-order valence-corrected chi connectivity index (χ0v) is 9.85. The van der Waals surface area contributed by atoms with Crippen LogP contribution in [0.4, 0.5) is 0 Å². The molecule has 0 amide bonds. The second kappa shape index (κ2) is 6.22. The van der Waals surface area contributed by atoms with E-state index in [1.165, 1.54) is 19.1 Å². The summed E-state index contributed by atoms with van der Waals surface area (Å²) < 4.78 is 4.81. The number of benzene rings is 1.